The zero-order valence-corrected chi connectivity index (χ0v) is 10.1. The molecule has 1 aromatic carbocycles. The van der Waals surface area contributed by atoms with Crippen LogP contribution in [0.4, 0.5) is 0 Å². The van der Waals surface area contributed by atoms with Gasteiger partial charge in [-0.2, -0.15) is 0 Å². The molecule has 3 N–H and O–H groups in total. The fourth-order valence-electron chi connectivity index (χ4n) is 1.64. The van der Waals surface area contributed by atoms with Crippen LogP contribution < -0.4 is 11.1 Å². The molecule has 3 nitrogen and oxygen atoms in total. The fraction of sp³-hybridized carbons (Fsp3) is 0.154. The van der Waals surface area contributed by atoms with Crippen molar-refractivity contribution in [3.05, 3.63) is 58.3 Å². The van der Waals surface area contributed by atoms with Gasteiger partial charge in [-0.05, 0) is 17.0 Å². The quantitative estimate of drug-likeness (QED) is 0.866. The van der Waals surface area contributed by atoms with Crippen molar-refractivity contribution in [2.24, 2.45) is 5.73 Å². The zero-order chi connectivity index (χ0) is 12.1. The first kappa shape index (κ1) is 11.8. The summed E-state index contributed by atoms with van der Waals surface area (Å²) < 4.78 is 0. The van der Waals surface area contributed by atoms with Gasteiger partial charge in [0.1, 0.15) is 0 Å². The van der Waals surface area contributed by atoms with Crippen molar-refractivity contribution < 1.29 is 4.79 Å². The Morgan fingerprint density at radius 1 is 1.24 bits per heavy atom. The molecule has 0 fully saturated rings. The van der Waals surface area contributed by atoms with Gasteiger partial charge in [0.25, 0.3) is 0 Å². The first-order valence-corrected chi connectivity index (χ1v) is 6.27. The molecule has 0 aliphatic heterocycles. The smallest absolute Gasteiger partial charge is 0.234 e. The molecule has 1 heterocycles. The second-order valence-electron chi connectivity index (χ2n) is 3.63. The van der Waals surface area contributed by atoms with E-state index in [1.165, 1.54) is 0 Å². The predicted octanol–water partition coefficient (Wildman–Crippen LogP) is 1.91. The Morgan fingerprint density at radius 3 is 2.59 bits per heavy atom. The lowest BCUT2D eigenvalue weighted by Crippen LogP contribution is -2.33. The van der Waals surface area contributed by atoms with Crippen LogP contribution in [0.2, 0.25) is 0 Å². The summed E-state index contributed by atoms with van der Waals surface area (Å²) in [5, 5.41) is 4.93. The summed E-state index contributed by atoms with van der Waals surface area (Å²) >= 11 is 1.62. The minimum absolute atomic E-state index is 0.00864. The van der Waals surface area contributed by atoms with Gasteiger partial charge >= 0.3 is 0 Å². The normalized spacial score (nSPS) is 12.1. The van der Waals surface area contributed by atoms with Crippen molar-refractivity contribution in [1.29, 1.82) is 0 Å². The van der Waals surface area contributed by atoms with Crippen LogP contribution >= 0.6 is 11.3 Å². The van der Waals surface area contributed by atoms with Crippen LogP contribution in [0.1, 0.15) is 16.5 Å². The van der Waals surface area contributed by atoms with Gasteiger partial charge in [0.2, 0.25) is 5.91 Å². The van der Waals surface area contributed by atoms with Crippen molar-refractivity contribution in [2.75, 3.05) is 6.54 Å². The van der Waals surface area contributed by atoms with E-state index >= 15 is 0 Å². The molecule has 88 valence electrons. The van der Waals surface area contributed by atoms with E-state index in [-0.39, 0.29) is 18.5 Å². The lowest BCUT2D eigenvalue weighted by molar-refractivity contribution is -0.120. The number of thiophene rings is 1. The maximum absolute atomic E-state index is 11.5. The van der Waals surface area contributed by atoms with Gasteiger partial charge in [-0.15, -0.1) is 11.3 Å². The second kappa shape index (κ2) is 5.61. The summed E-state index contributed by atoms with van der Waals surface area (Å²) in [6.45, 7) is 0.00864. The van der Waals surface area contributed by atoms with E-state index in [2.05, 4.69) is 5.32 Å². The number of amides is 1. The van der Waals surface area contributed by atoms with E-state index in [1.807, 2.05) is 47.8 Å². The number of hydrogen-bond donors (Lipinski definition) is 2. The van der Waals surface area contributed by atoms with Crippen LogP contribution in [0.5, 0.6) is 0 Å². The van der Waals surface area contributed by atoms with Gasteiger partial charge in [0.05, 0.1) is 12.6 Å². The van der Waals surface area contributed by atoms with Crippen molar-refractivity contribution in [2.45, 2.75) is 6.04 Å². The largest absolute Gasteiger partial charge is 0.343 e. The molecular formula is C13H14N2OS. The van der Waals surface area contributed by atoms with E-state index in [1.54, 1.807) is 11.3 Å². The van der Waals surface area contributed by atoms with Gasteiger partial charge in [-0.1, -0.05) is 36.4 Å². The molecule has 1 aromatic heterocycles. The van der Waals surface area contributed by atoms with Gasteiger partial charge in [-0.3, -0.25) is 4.79 Å². The number of nitrogens with one attached hydrogen (secondary N) is 1. The van der Waals surface area contributed by atoms with E-state index < -0.39 is 0 Å². The predicted molar refractivity (Wildman–Crippen MR) is 69.8 cm³/mol. The van der Waals surface area contributed by atoms with Crippen LogP contribution in [0.25, 0.3) is 0 Å². The van der Waals surface area contributed by atoms with Crippen molar-refractivity contribution in [3.63, 3.8) is 0 Å². The standard InChI is InChI=1S/C13H14N2OS/c14-9-12(16)15-13(11-7-4-8-17-11)10-5-2-1-3-6-10/h1-8,13H,9,14H2,(H,15,16). The minimum Gasteiger partial charge on any atom is -0.343 e. The molecule has 0 spiro atoms. The van der Waals surface area contributed by atoms with Crippen LogP contribution in [-0.2, 0) is 4.79 Å². The molecular weight excluding hydrogens is 232 g/mol. The summed E-state index contributed by atoms with van der Waals surface area (Å²) in [5.41, 5.74) is 6.41. The highest BCUT2D eigenvalue weighted by molar-refractivity contribution is 7.10. The molecule has 17 heavy (non-hydrogen) atoms. The maximum Gasteiger partial charge on any atom is 0.234 e. The minimum atomic E-state index is -0.146. The highest BCUT2D eigenvalue weighted by Crippen LogP contribution is 2.25. The number of carbonyl (C=O) groups is 1. The van der Waals surface area contributed by atoms with E-state index in [4.69, 9.17) is 5.73 Å². The lowest BCUT2D eigenvalue weighted by atomic mass is 10.1. The summed E-state index contributed by atoms with van der Waals surface area (Å²) in [5.74, 6) is -0.146. The number of hydrogen-bond acceptors (Lipinski definition) is 3. The number of nitrogens with two attached hydrogens (primary N) is 1. The van der Waals surface area contributed by atoms with Gasteiger partial charge < -0.3 is 11.1 Å². The lowest BCUT2D eigenvalue weighted by Gasteiger charge is -2.17. The summed E-state index contributed by atoms with van der Waals surface area (Å²) in [4.78, 5) is 12.6. The second-order valence-corrected chi connectivity index (χ2v) is 4.61. The molecule has 0 aliphatic rings. The third-order valence-electron chi connectivity index (χ3n) is 2.45. The van der Waals surface area contributed by atoms with E-state index in [9.17, 15) is 4.79 Å². The van der Waals surface area contributed by atoms with Crippen LogP contribution in [0.3, 0.4) is 0 Å². The van der Waals surface area contributed by atoms with E-state index in [0.29, 0.717) is 0 Å². The van der Waals surface area contributed by atoms with Gasteiger partial charge in [0.15, 0.2) is 0 Å². The molecule has 4 heteroatoms. The zero-order valence-electron chi connectivity index (χ0n) is 9.30. The molecule has 0 bridgehead atoms. The SMILES string of the molecule is NCC(=O)NC(c1ccccc1)c1cccs1. The molecule has 1 atom stereocenters. The number of benzene rings is 1. The van der Waals surface area contributed by atoms with Crippen LogP contribution in [0, 0.1) is 0 Å². The first-order valence-electron chi connectivity index (χ1n) is 5.39. The molecule has 1 amide bonds. The molecule has 1 unspecified atom stereocenters. The summed E-state index contributed by atoms with van der Waals surface area (Å²) in [6.07, 6.45) is 0. The average Bonchev–Trinajstić information content (AvgIpc) is 2.90. The Labute approximate surface area is 104 Å². The maximum atomic E-state index is 11.5. The Bertz CT molecular complexity index is 467. The van der Waals surface area contributed by atoms with Gasteiger partial charge in [0, 0.05) is 4.88 Å². The highest BCUT2D eigenvalue weighted by atomic mass is 32.1. The molecule has 0 saturated heterocycles. The molecule has 2 rings (SSSR count). The Hall–Kier alpha value is -1.65. The third kappa shape index (κ3) is 2.93. The van der Waals surface area contributed by atoms with Crippen molar-refractivity contribution in [3.8, 4) is 0 Å². The monoisotopic (exact) mass is 246 g/mol. The number of carbonyl (C=O) groups excluding carboxylic acids is 1. The Balaban J connectivity index is 2.28. The molecule has 0 radical (unpaired) electrons. The molecule has 0 aliphatic carbocycles. The van der Waals surface area contributed by atoms with Gasteiger partial charge in [-0.25, -0.2) is 0 Å². The molecule has 2 aromatic rings. The number of rotatable bonds is 4. The van der Waals surface area contributed by atoms with Crippen molar-refractivity contribution >= 4 is 17.2 Å². The van der Waals surface area contributed by atoms with Crippen LogP contribution in [-0.4, -0.2) is 12.5 Å². The van der Waals surface area contributed by atoms with Crippen LogP contribution in [0.15, 0.2) is 47.8 Å². The fourth-order valence-corrected chi connectivity index (χ4v) is 2.44. The first-order chi connectivity index (χ1) is 8.31. The third-order valence-corrected chi connectivity index (χ3v) is 3.39. The topological polar surface area (TPSA) is 55.1 Å². The Kier molecular flexibility index (Phi) is 3.90. The highest BCUT2D eigenvalue weighted by Gasteiger charge is 2.16. The van der Waals surface area contributed by atoms with Crippen molar-refractivity contribution in [1.82, 2.24) is 5.32 Å². The Morgan fingerprint density at radius 2 is 2.00 bits per heavy atom. The average molecular weight is 246 g/mol. The van der Waals surface area contributed by atoms with E-state index in [0.717, 1.165) is 10.4 Å². The molecule has 0 saturated carbocycles. The summed E-state index contributed by atoms with van der Waals surface area (Å²) in [7, 11) is 0. The summed E-state index contributed by atoms with van der Waals surface area (Å²) in [6, 6.07) is 13.8.